The highest BCUT2D eigenvalue weighted by Gasteiger charge is 2.27. The molecule has 0 radical (unpaired) electrons. The Morgan fingerprint density at radius 2 is 1.47 bits per heavy atom. The fraction of sp³-hybridized carbons (Fsp3) is 0.346. The van der Waals surface area contributed by atoms with Crippen molar-refractivity contribution in [3.8, 4) is 11.4 Å². The molecule has 6 nitrogen and oxygen atoms in total. The summed E-state index contributed by atoms with van der Waals surface area (Å²) in [7, 11) is 0. The van der Waals surface area contributed by atoms with E-state index in [1.807, 2.05) is 22.7 Å². The molecule has 1 aliphatic heterocycles. The van der Waals surface area contributed by atoms with Gasteiger partial charge in [0.05, 0.1) is 5.69 Å². The van der Waals surface area contributed by atoms with Crippen LogP contribution >= 0.6 is 0 Å². The Morgan fingerprint density at radius 3 is 2.25 bits per heavy atom. The largest absolute Gasteiger partial charge is 0.354 e. The van der Waals surface area contributed by atoms with Gasteiger partial charge in [-0.3, -0.25) is 4.90 Å². The van der Waals surface area contributed by atoms with Gasteiger partial charge in [0.2, 0.25) is 0 Å². The molecule has 0 N–H and O–H groups in total. The summed E-state index contributed by atoms with van der Waals surface area (Å²) in [6, 6.07) is 21.0. The Labute approximate surface area is 188 Å². The standard InChI is InChI=1S/C26H28N6/c1-3-9-20(10-4-1)19-30-15-17-31(18-16-30)25-22-13-7-8-14-23(22)27-26-28-24(29-32(25)26)21-11-5-2-6-12-21/h1-6,9-12H,7-8,13-19H2. The van der Waals surface area contributed by atoms with Gasteiger partial charge in [-0.2, -0.15) is 9.50 Å². The second-order valence-corrected chi connectivity index (χ2v) is 8.83. The Morgan fingerprint density at radius 1 is 0.750 bits per heavy atom. The quantitative estimate of drug-likeness (QED) is 0.496. The molecule has 1 fully saturated rings. The van der Waals surface area contributed by atoms with Crippen molar-refractivity contribution in [2.75, 3.05) is 31.1 Å². The average molecular weight is 425 g/mol. The molecule has 2 aliphatic rings. The maximum absolute atomic E-state index is 4.94. The molecule has 0 bridgehead atoms. The van der Waals surface area contributed by atoms with Crippen molar-refractivity contribution in [3.63, 3.8) is 0 Å². The highest BCUT2D eigenvalue weighted by Crippen LogP contribution is 2.31. The predicted octanol–water partition coefficient (Wildman–Crippen LogP) is 3.99. The lowest BCUT2D eigenvalue weighted by molar-refractivity contribution is 0.248. The minimum atomic E-state index is 0.728. The van der Waals surface area contributed by atoms with Gasteiger partial charge < -0.3 is 4.90 Å². The molecule has 0 unspecified atom stereocenters. The van der Waals surface area contributed by atoms with Crippen molar-refractivity contribution < 1.29 is 0 Å². The maximum Gasteiger partial charge on any atom is 0.254 e. The molecule has 2 aromatic heterocycles. The number of fused-ring (bicyclic) bond motifs is 2. The van der Waals surface area contributed by atoms with E-state index in [4.69, 9.17) is 15.1 Å². The maximum atomic E-state index is 4.94. The molecule has 3 heterocycles. The molecule has 0 atom stereocenters. The van der Waals surface area contributed by atoms with Crippen molar-refractivity contribution in [1.29, 1.82) is 0 Å². The second kappa shape index (κ2) is 8.36. The van der Waals surface area contributed by atoms with E-state index < -0.39 is 0 Å². The first-order valence-corrected chi connectivity index (χ1v) is 11.7. The number of benzene rings is 2. The third-order valence-corrected chi connectivity index (χ3v) is 6.69. The minimum Gasteiger partial charge on any atom is -0.354 e. The van der Waals surface area contributed by atoms with Crippen LogP contribution in [0.3, 0.4) is 0 Å². The zero-order valence-electron chi connectivity index (χ0n) is 18.3. The molecule has 4 aromatic rings. The SMILES string of the molecule is c1ccc(CN2CCN(c3c4c(nc5nc(-c6ccccc6)nn35)CCCC4)CC2)cc1. The van der Waals surface area contributed by atoms with Gasteiger partial charge in [0.15, 0.2) is 5.82 Å². The molecular formula is C26H28N6. The van der Waals surface area contributed by atoms with E-state index in [1.54, 1.807) is 0 Å². The number of piperazine rings is 1. The summed E-state index contributed by atoms with van der Waals surface area (Å²) in [6.07, 6.45) is 4.56. The Balaban J connectivity index is 1.33. The average Bonchev–Trinajstić information content (AvgIpc) is 3.28. The number of rotatable bonds is 4. The summed E-state index contributed by atoms with van der Waals surface area (Å²) in [5.41, 5.74) is 5.02. The van der Waals surface area contributed by atoms with E-state index in [9.17, 15) is 0 Å². The molecule has 6 rings (SSSR count). The van der Waals surface area contributed by atoms with Gasteiger partial charge in [0.1, 0.15) is 5.82 Å². The summed E-state index contributed by atoms with van der Waals surface area (Å²) in [5, 5.41) is 4.94. The van der Waals surface area contributed by atoms with E-state index in [0.717, 1.165) is 62.7 Å². The predicted molar refractivity (Wildman–Crippen MR) is 127 cm³/mol. The Hall–Kier alpha value is -3.25. The first-order valence-electron chi connectivity index (χ1n) is 11.7. The normalized spacial score (nSPS) is 16.9. The van der Waals surface area contributed by atoms with Gasteiger partial charge in [-0.1, -0.05) is 60.7 Å². The number of nitrogens with zero attached hydrogens (tertiary/aromatic N) is 6. The summed E-state index contributed by atoms with van der Waals surface area (Å²) >= 11 is 0. The highest BCUT2D eigenvalue weighted by molar-refractivity contribution is 5.61. The van der Waals surface area contributed by atoms with Gasteiger partial charge in [0.25, 0.3) is 5.78 Å². The summed E-state index contributed by atoms with van der Waals surface area (Å²) < 4.78 is 2.01. The van der Waals surface area contributed by atoms with Gasteiger partial charge in [-0.05, 0) is 31.2 Å². The molecule has 2 aromatic carbocycles. The zero-order valence-corrected chi connectivity index (χ0v) is 18.3. The number of hydrogen-bond donors (Lipinski definition) is 0. The number of aromatic nitrogens is 4. The number of aryl methyl sites for hydroxylation is 1. The lowest BCUT2D eigenvalue weighted by atomic mass is 9.96. The van der Waals surface area contributed by atoms with Crippen LogP contribution in [0.4, 0.5) is 5.82 Å². The molecule has 32 heavy (non-hydrogen) atoms. The van der Waals surface area contributed by atoms with Crippen LogP contribution in [0.15, 0.2) is 60.7 Å². The van der Waals surface area contributed by atoms with E-state index in [1.165, 1.54) is 35.5 Å². The molecule has 0 amide bonds. The van der Waals surface area contributed by atoms with Crippen LogP contribution in [0.5, 0.6) is 0 Å². The molecule has 1 aliphatic carbocycles. The molecule has 0 saturated carbocycles. The van der Waals surface area contributed by atoms with Crippen molar-refractivity contribution in [1.82, 2.24) is 24.5 Å². The lowest BCUT2D eigenvalue weighted by Crippen LogP contribution is -2.47. The van der Waals surface area contributed by atoms with E-state index in [0.29, 0.717) is 0 Å². The number of hydrogen-bond acceptors (Lipinski definition) is 5. The fourth-order valence-corrected chi connectivity index (χ4v) is 5.01. The van der Waals surface area contributed by atoms with Crippen molar-refractivity contribution in [3.05, 3.63) is 77.5 Å². The summed E-state index contributed by atoms with van der Waals surface area (Å²) in [6.45, 7) is 5.11. The molecule has 1 saturated heterocycles. The van der Waals surface area contributed by atoms with Crippen LogP contribution in [0.1, 0.15) is 29.7 Å². The summed E-state index contributed by atoms with van der Waals surface area (Å²) in [4.78, 5) is 14.8. The Kier molecular flexibility index (Phi) is 5.07. The van der Waals surface area contributed by atoms with Crippen LogP contribution < -0.4 is 4.90 Å². The van der Waals surface area contributed by atoms with Crippen LogP contribution in [0.25, 0.3) is 17.2 Å². The topological polar surface area (TPSA) is 49.6 Å². The van der Waals surface area contributed by atoms with Gasteiger partial charge in [-0.15, -0.1) is 5.10 Å². The monoisotopic (exact) mass is 424 g/mol. The van der Waals surface area contributed by atoms with Gasteiger partial charge in [0, 0.05) is 43.9 Å². The number of anilines is 1. The third kappa shape index (κ3) is 3.65. The van der Waals surface area contributed by atoms with Crippen LogP contribution in [-0.2, 0) is 19.4 Å². The smallest absolute Gasteiger partial charge is 0.254 e. The van der Waals surface area contributed by atoms with Crippen molar-refractivity contribution in [2.24, 2.45) is 0 Å². The molecular weight excluding hydrogens is 396 g/mol. The van der Waals surface area contributed by atoms with Crippen LogP contribution in [-0.4, -0.2) is 50.7 Å². The van der Waals surface area contributed by atoms with E-state index in [2.05, 4.69) is 52.3 Å². The van der Waals surface area contributed by atoms with Crippen LogP contribution in [0.2, 0.25) is 0 Å². The molecule has 0 spiro atoms. The summed E-state index contributed by atoms with van der Waals surface area (Å²) in [5.74, 6) is 2.70. The van der Waals surface area contributed by atoms with E-state index >= 15 is 0 Å². The van der Waals surface area contributed by atoms with Gasteiger partial charge >= 0.3 is 0 Å². The highest BCUT2D eigenvalue weighted by atomic mass is 15.4. The zero-order chi connectivity index (χ0) is 21.3. The molecule has 162 valence electrons. The van der Waals surface area contributed by atoms with E-state index in [-0.39, 0.29) is 0 Å². The van der Waals surface area contributed by atoms with Crippen LogP contribution in [0, 0.1) is 0 Å². The Bertz CT molecular complexity index is 1210. The van der Waals surface area contributed by atoms with Gasteiger partial charge in [-0.25, -0.2) is 4.98 Å². The second-order valence-electron chi connectivity index (χ2n) is 8.83. The van der Waals surface area contributed by atoms with Crippen molar-refractivity contribution in [2.45, 2.75) is 32.2 Å². The fourth-order valence-electron chi connectivity index (χ4n) is 5.01. The first kappa shape index (κ1) is 19.4. The molecule has 6 heteroatoms. The lowest BCUT2D eigenvalue weighted by Gasteiger charge is -2.37. The minimum absolute atomic E-state index is 0.728. The van der Waals surface area contributed by atoms with Crippen molar-refractivity contribution >= 4 is 11.6 Å². The third-order valence-electron chi connectivity index (χ3n) is 6.69. The first-order chi connectivity index (χ1) is 15.8.